The van der Waals surface area contributed by atoms with Gasteiger partial charge in [0.05, 0.1) is 5.75 Å². The first-order chi connectivity index (χ1) is 8.03. The van der Waals surface area contributed by atoms with Crippen LogP contribution in [-0.4, -0.2) is 33.3 Å². The lowest BCUT2D eigenvalue weighted by atomic mass is 10.0. The summed E-state index contributed by atoms with van der Waals surface area (Å²) in [6, 6.07) is 0.393. The summed E-state index contributed by atoms with van der Waals surface area (Å²) in [5, 5.41) is 3.38. The van der Waals surface area contributed by atoms with Crippen LogP contribution in [-0.2, 0) is 10.0 Å². The zero-order valence-corrected chi connectivity index (χ0v) is 11.9. The van der Waals surface area contributed by atoms with Crippen molar-refractivity contribution in [3.05, 3.63) is 0 Å². The molecular weight excluding hydrogens is 236 g/mol. The molecule has 0 saturated carbocycles. The van der Waals surface area contributed by atoms with Crippen LogP contribution in [0.25, 0.3) is 0 Å². The molecule has 2 N–H and O–H groups in total. The van der Waals surface area contributed by atoms with E-state index in [1.165, 1.54) is 12.8 Å². The fourth-order valence-corrected chi connectivity index (χ4v) is 3.23. The van der Waals surface area contributed by atoms with Crippen LogP contribution in [0.3, 0.4) is 0 Å². The van der Waals surface area contributed by atoms with E-state index >= 15 is 0 Å². The van der Waals surface area contributed by atoms with Gasteiger partial charge in [-0.1, -0.05) is 26.7 Å². The van der Waals surface area contributed by atoms with Gasteiger partial charge in [0, 0.05) is 12.6 Å². The summed E-state index contributed by atoms with van der Waals surface area (Å²) in [4.78, 5) is 0. The van der Waals surface area contributed by atoms with Crippen molar-refractivity contribution >= 4 is 10.0 Å². The van der Waals surface area contributed by atoms with E-state index in [1.807, 2.05) is 0 Å². The van der Waals surface area contributed by atoms with Gasteiger partial charge >= 0.3 is 0 Å². The smallest absolute Gasteiger partial charge is 0.211 e. The highest BCUT2D eigenvalue weighted by molar-refractivity contribution is 7.89. The number of hydrogen-bond acceptors (Lipinski definition) is 3. The van der Waals surface area contributed by atoms with Crippen LogP contribution >= 0.6 is 0 Å². The Balaban J connectivity index is 2.23. The summed E-state index contributed by atoms with van der Waals surface area (Å²) in [5.41, 5.74) is 0. The molecule has 1 fully saturated rings. The van der Waals surface area contributed by atoms with E-state index in [1.54, 1.807) is 0 Å². The fourth-order valence-electron chi connectivity index (χ4n) is 1.95. The molecule has 1 heterocycles. The first-order valence-electron chi connectivity index (χ1n) is 6.74. The lowest BCUT2D eigenvalue weighted by Crippen LogP contribution is -2.37. The van der Waals surface area contributed by atoms with Crippen molar-refractivity contribution in [3.8, 4) is 0 Å². The van der Waals surface area contributed by atoms with E-state index in [0.717, 1.165) is 25.8 Å². The van der Waals surface area contributed by atoms with Crippen molar-refractivity contribution in [2.75, 3.05) is 18.8 Å². The minimum absolute atomic E-state index is 0.251. The average molecular weight is 262 g/mol. The minimum atomic E-state index is -3.08. The number of sulfonamides is 1. The quantitative estimate of drug-likeness (QED) is 0.731. The summed E-state index contributed by atoms with van der Waals surface area (Å²) >= 11 is 0. The molecule has 102 valence electrons. The zero-order chi connectivity index (χ0) is 12.7. The molecule has 0 aliphatic carbocycles. The van der Waals surface area contributed by atoms with Crippen LogP contribution in [0.4, 0.5) is 0 Å². The molecule has 0 bridgehead atoms. The van der Waals surface area contributed by atoms with Crippen molar-refractivity contribution in [3.63, 3.8) is 0 Å². The maximum absolute atomic E-state index is 11.8. The number of rotatable bonds is 7. The Hall–Kier alpha value is -0.130. The average Bonchev–Trinajstić information content (AvgIpc) is 2.35. The molecule has 4 nitrogen and oxygen atoms in total. The molecule has 17 heavy (non-hydrogen) atoms. The summed E-state index contributed by atoms with van der Waals surface area (Å²) in [7, 11) is -3.08. The van der Waals surface area contributed by atoms with Crippen LogP contribution in [0.15, 0.2) is 0 Å². The van der Waals surface area contributed by atoms with Gasteiger partial charge in [0.2, 0.25) is 10.0 Å². The predicted octanol–water partition coefficient (Wildman–Crippen LogP) is 1.48. The summed E-state index contributed by atoms with van der Waals surface area (Å²) in [5.74, 6) is 0.666. The van der Waals surface area contributed by atoms with Crippen molar-refractivity contribution < 1.29 is 8.42 Å². The summed E-state index contributed by atoms with van der Waals surface area (Å²) in [6.45, 7) is 5.73. The van der Waals surface area contributed by atoms with Gasteiger partial charge < -0.3 is 5.32 Å². The first kappa shape index (κ1) is 14.9. The first-order valence-corrected chi connectivity index (χ1v) is 8.39. The van der Waals surface area contributed by atoms with E-state index in [-0.39, 0.29) is 5.75 Å². The molecule has 1 rings (SSSR count). The van der Waals surface area contributed by atoms with Gasteiger partial charge in [0.1, 0.15) is 0 Å². The third-order valence-electron chi connectivity index (χ3n) is 3.50. The molecule has 2 atom stereocenters. The van der Waals surface area contributed by atoms with Crippen molar-refractivity contribution in [2.45, 2.75) is 52.0 Å². The largest absolute Gasteiger partial charge is 0.314 e. The molecule has 2 unspecified atom stereocenters. The molecule has 1 aliphatic rings. The number of nitrogens with one attached hydrogen (secondary N) is 2. The van der Waals surface area contributed by atoms with Gasteiger partial charge in [-0.15, -0.1) is 0 Å². The molecule has 5 heteroatoms. The Labute approximate surface area is 106 Å². The van der Waals surface area contributed by atoms with E-state index in [0.29, 0.717) is 18.5 Å². The van der Waals surface area contributed by atoms with E-state index in [2.05, 4.69) is 23.9 Å². The van der Waals surface area contributed by atoms with Crippen LogP contribution < -0.4 is 10.0 Å². The number of hydrogen-bond donors (Lipinski definition) is 2. The van der Waals surface area contributed by atoms with Crippen LogP contribution in [0.5, 0.6) is 0 Å². The third-order valence-corrected chi connectivity index (χ3v) is 4.88. The fraction of sp³-hybridized carbons (Fsp3) is 1.00. The molecule has 0 aromatic heterocycles. The Bertz CT molecular complexity index is 298. The Morgan fingerprint density at radius 3 is 2.76 bits per heavy atom. The Kier molecular flexibility index (Phi) is 6.44. The lowest BCUT2D eigenvalue weighted by molar-refractivity contribution is 0.392. The standard InChI is InChI=1S/C12H26N2O2S/c1-3-11(2)10-14-17(15,16)9-7-12-6-4-5-8-13-12/h11-14H,3-10H2,1-2H3. The monoisotopic (exact) mass is 262 g/mol. The second-order valence-corrected chi connectivity index (χ2v) is 7.04. The second kappa shape index (κ2) is 7.34. The van der Waals surface area contributed by atoms with Gasteiger partial charge in [-0.25, -0.2) is 13.1 Å². The van der Waals surface area contributed by atoms with Crippen molar-refractivity contribution in [1.82, 2.24) is 10.0 Å². The molecular formula is C12H26N2O2S. The second-order valence-electron chi connectivity index (χ2n) is 5.12. The van der Waals surface area contributed by atoms with E-state index in [9.17, 15) is 8.42 Å². The Morgan fingerprint density at radius 2 is 2.18 bits per heavy atom. The maximum Gasteiger partial charge on any atom is 0.211 e. The van der Waals surface area contributed by atoms with Crippen LogP contribution in [0.2, 0.25) is 0 Å². The highest BCUT2D eigenvalue weighted by atomic mass is 32.2. The summed E-state index contributed by atoms with van der Waals surface area (Å²) in [6.07, 6.45) is 5.29. The van der Waals surface area contributed by atoms with Crippen LogP contribution in [0.1, 0.15) is 46.0 Å². The topological polar surface area (TPSA) is 58.2 Å². The molecule has 1 saturated heterocycles. The third kappa shape index (κ3) is 6.38. The molecule has 0 radical (unpaired) electrons. The maximum atomic E-state index is 11.8. The van der Waals surface area contributed by atoms with Gasteiger partial charge in [-0.05, 0) is 31.7 Å². The predicted molar refractivity (Wildman–Crippen MR) is 71.5 cm³/mol. The van der Waals surface area contributed by atoms with Crippen molar-refractivity contribution in [1.29, 1.82) is 0 Å². The number of piperidine rings is 1. The molecule has 0 amide bonds. The minimum Gasteiger partial charge on any atom is -0.314 e. The molecule has 0 spiro atoms. The lowest BCUT2D eigenvalue weighted by Gasteiger charge is -2.23. The highest BCUT2D eigenvalue weighted by Crippen LogP contribution is 2.10. The van der Waals surface area contributed by atoms with Gasteiger partial charge in [0.15, 0.2) is 0 Å². The van der Waals surface area contributed by atoms with Gasteiger partial charge in [-0.3, -0.25) is 0 Å². The van der Waals surface area contributed by atoms with Gasteiger partial charge in [0.25, 0.3) is 0 Å². The summed E-state index contributed by atoms with van der Waals surface area (Å²) < 4.78 is 26.2. The SMILES string of the molecule is CCC(C)CNS(=O)(=O)CCC1CCCCN1. The zero-order valence-electron chi connectivity index (χ0n) is 11.0. The highest BCUT2D eigenvalue weighted by Gasteiger charge is 2.17. The van der Waals surface area contributed by atoms with Crippen LogP contribution in [0, 0.1) is 5.92 Å². The van der Waals surface area contributed by atoms with E-state index in [4.69, 9.17) is 0 Å². The van der Waals surface area contributed by atoms with Crippen molar-refractivity contribution in [2.24, 2.45) is 5.92 Å². The molecule has 1 aliphatic heterocycles. The molecule has 0 aromatic rings. The Morgan fingerprint density at radius 1 is 1.41 bits per heavy atom. The van der Waals surface area contributed by atoms with Gasteiger partial charge in [-0.2, -0.15) is 0 Å². The molecule has 0 aromatic carbocycles. The normalized spacial score (nSPS) is 23.5. The van der Waals surface area contributed by atoms with E-state index < -0.39 is 10.0 Å².